The topological polar surface area (TPSA) is 63.5 Å². The lowest BCUT2D eigenvalue weighted by Crippen LogP contribution is -3.10. The van der Waals surface area contributed by atoms with E-state index in [0.717, 1.165) is 34.9 Å². The molecule has 126 valence electrons. The minimum Gasteiger partial charge on any atom is -0.440 e. The van der Waals surface area contributed by atoms with Gasteiger partial charge in [0.15, 0.2) is 0 Å². The third kappa shape index (κ3) is 2.91. The van der Waals surface area contributed by atoms with Gasteiger partial charge in [0.2, 0.25) is 5.88 Å². The molecule has 2 aliphatic rings. The summed E-state index contributed by atoms with van der Waals surface area (Å²) in [5.74, 6) is 0.987. The first-order valence-electron chi connectivity index (χ1n) is 8.07. The van der Waals surface area contributed by atoms with Gasteiger partial charge in [-0.1, -0.05) is 12.1 Å². The minimum absolute atomic E-state index is 0.101. The predicted molar refractivity (Wildman–Crippen MR) is 101 cm³/mol. The van der Waals surface area contributed by atoms with Crippen LogP contribution in [0.25, 0.3) is 6.08 Å². The molecular weight excluding hydrogens is 350 g/mol. The number of thiophene rings is 2. The van der Waals surface area contributed by atoms with Crippen LogP contribution in [0.4, 0.5) is 0 Å². The molecule has 2 aromatic rings. The summed E-state index contributed by atoms with van der Waals surface area (Å²) in [5, 5.41) is 13.8. The Balaban J connectivity index is 1.87. The maximum atomic E-state index is 9.65. The van der Waals surface area contributed by atoms with Crippen molar-refractivity contribution in [2.75, 3.05) is 20.1 Å². The van der Waals surface area contributed by atoms with E-state index in [9.17, 15) is 5.26 Å². The van der Waals surface area contributed by atoms with Crippen molar-refractivity contribution >= 4 is 28.7 Å². The Hall–Kier alpha value is -2.33. The Morgan fingerprint density at radius 3 is 2.76 bits per heavy atom. The highest BCUT2D eigenvalue weighted by molar-refractivity contribution is 7.10. The number of nitrogens with two attached hydrogens (primary N) is 1. The molecule has 0 aromatic carbocycles. The predicted octanol–water partition coefficient (Wildman–Crippen LogP) is 2.48. The van der Waals surface area contributed by atoms with Gasteiger partial charge in [0, 0.05) is 15.3 Å². The van der Waals surface area contributed by atoms with Gasteiger partial charge >= 0.3 is 0 Å². The van der Waals surface area contributed by atoms with E-state index in [-0.39, 0.29) is 11.8 Å². The van der Waals surface area contributed by atoms with Gasteiger partial charge in [-0.3, -0.25) is 0 Å². The number of quaternary nitrogens is 1. The van der Waals surface area contributed by atoms with Crippen molar-refractivity contribution in [3.05, 3.63) is 73.1 Å². The number of ether oxygens (including phenoxy) is 1. The molecule has 25 heavy (non-hydrogen) atoms. The molecule has 6 heteroatoms. The molecule has 0 aliphatic carbocycles. The van der Waals surface area contributed by atoms with Crippen LogP contribution >= 0.6 is 22.7 Å². The lowest BCUT2D eigenvalue weighted by molar-refractivity contribution is -0.871. The number of nitrogens with zero attached hydrogens (tertiary/aromatic N) is 1. The monoisotopic (exact) mass is 368 g/mol. The molecule has 2 aliphatic heterocycles. The van der Waals surface area contributed by atoms with E-state index in [4.69, 9.17) is 10.5 Å². The highest BCUT2D eigenvalue weighted by Crippen LogP contribution is 2.42. The molecule has 2 atom stereocenters. The fourth-order valence-corrected chi connectivity index (χ4v) is 5.03. The van der Waals surface area contributed by atoms with Crippen molar-refractivity contribution in [1.29, 1.82) is 5.26 Å². The van der Waals surface area contributed by atoms with Crippen LogP contribution < -0.4 is 10.6 Å². The van der Waals surface area contributed by atoms with Gasteiger partial charge in [-0.15, -0.1) is 22.7 Å². The molecule has 0 radical (unpaired) electrons. The highest BCUT2D eigenvalue weighted by atomic mass is 32.1. The van der Waals surface area contributed by atoms with E-state index in [1.165, 1.54) is 9.78 Å². The Morgan fingerprint density at radius 2 is 2.08 bits per heavy atom. The first-order chi connectivity index (χ1) is 12.2. The SMILES string of the molecule is C[NH+]1CC2=C(OC(N)=C(C#N)[C@H]2c2cccs2)/C(=C/c2cccs2)C1. The van der Waals surface area contributed by atoms with E-state index in [1.54, 1.807) is 22.7 Å². The van der Waals surface area contributed by atoms with Crippen LogP contribution in [0.5, 0.6) is 0 Å². The first-order valence-corrected chi connectivity index (χ1v) is 9.83. The van der Waals surface area contributed by atoms with E-state index in [1.807, 2.05) is 17.5 Å². The molecule has 1 unspecified atom stereocenters. The summed E-state index contributed by atoms with van der Waals surface area (Å²) in [6.07, 6.45) is 2.18. The molecule has 4 rings (SSSR count). The number of hydrogen-bond donors (Lipinski definition) is 2. The minimum atomic E-state index is -0.101. The van der Waals surface area contributed by atoms with Crippen molar-refractivity contribution in [1.82, 2.24) is 0 Å². The standard InChI is InChI=1S/C19H17N3OS2/c1-22-10-12(8-13-4-2-6-24-13)18-15(11-22)17(16-5-3-7-25-16)14(9-20)19(21)23-18/h2-8,17H,10-11,21H2,1H3/p+1/b12-8+/t17-/m1/s1. The van der Waals surface area contributed by atoms with Gasteiger partial charge in [-0.2, -0.15) is 5.26 Å². The number of allylic oxidation sites excluding steroid dienone is 1. The Labute approximate surface area is 154 Å². The third-order valence-corrected chi connectivity index (χ3v) is 6.25. The fourth-order valence-electron chi connectivity index (χ4n) is 3.48. The van der Waals surface area contributed by atoms with Crippen LogP contribution in [0.2, 0.25) is 0 Å². The maximum Gasteiger partial charge on any atom is 0.205 e. The summed E-state index contributed by atoms with van der Waals surface area (Å²) in [4.78, 5) is 3.71. The van der Waals surface area contributed by atoms with E-state index < -0.39 is 0 Å². The van der Waals surface area contributed by atoms with Crippen molar-refractivity contribution < 1.29 is 9.64 Å². The quantitative estimate of drug-likeness (QED) is 0.856. The van der Waals surface area contributed by atoms with Crippen LogP contribution in [0, 0.1) is 11.3 Å². The average molecular weight is 369 g/mol. The van der Waals surface area contributed by atoms with Gasteiger partial charge in [-0.25, -0.2) is 0 Å². The second-order valence-electron chi connectivity index (χ2n) is 6.29. The van der Waals surface area contributed by atoms with E-state index >= 15 is 0 Å². The summed E-state index contributed by atoms with van der Waals surface area (Å²) in [6, 6.07) is 10.5. The summed E-state index contributed by atoms with van der Waals surface area (Å²) in [5.41, 5.74) is 8.95. The summed E-state index contributed by atoms with van der Waals surface area (Å²) in [6.45, 7) is 1.72. The molecule has 3 N–H and O–H groups in total. The average Bonchev–Trinajstić information content (AvgIpc) is 3.28. The van der Waals surface area contributed by atoms with Gasteiger partial charge in [-0.05, 0) is 29.0 Å². The molecule has 0 spiro atoms. The van der Waals surface area contributed by atoms with Gasteiger partial charge in [0.1, 0.15) is 30.5 Å². The first kappa shape index (κ1) is 16.2. The van der Waals surface area contributed by atoms with Crippen LogP contribution in [0.3, 0.4) is 0 Å². The number of hydrogen-bond acceptors (Lipinski definition) is 5. The highest BCUT2D eigenvalue weighted by Gasteiger charge is 2.39. The van der Waals surface area contributed by atoms with Crippen LogP contribution in [-0.4, -0.2) is 20.1 Å². The summed E-state index contributed by atoms with van der Waals surface area (Å²) >= 11 is 3.36. The summed E-state index contributed by atoms with van der Waals surface area (Å²) < 4.78 is 5.97. The Morgan fingerprint density at radius 1 is 1.28 bits per heavy atom. The summed E-state index contributed by atoms with van der Waals surface area (Å²) in [7, 11) is 2.17. The van der Waals surface area contributed by atoms with Crippen molar-refractivity contribution in [3.63, 3.8) is 0 Å². The van der Waals surface area contributed by atoms with Gasteiger partial charge < -0.3 is 15.4 Å². The number of rotatable bonds is 2. The fraction of sp³-hybridized carbons (Fsp3) is 0.211. The van der Waals surface area contributed by atoms with Gasteiger partial charge in [0.25, 0.3) is 0 Å². The molecule has 2 aromatic heterocycles. The lowest BCUT2D eigenvalue weighted by atomic mass is 9.84. The van der Waals surface area contributed by atoms with Gasteiger partial charge in [0.05, 0.1) is 18.5 Å². The van der Waals surface area contributed by atoms with Crippen molar-refractivity contribution in [2.45, 2.75) is 5.92 Å². The van der Waals surface area contributed by atoms with Crippen molar-refractivity contribution in [2.24, 2.45) is 5.73 Å². The van der Waals surface area contributed by atoms with E-state index in [2.05, 4.69) is 36.7 Å². The zero-order chi connectivity index (χ0) is 17.4. The largest absolute Gasteiger partial charge is 0.440 e. The molecule has 4 nitrogen and oxygen atoms in total. The smallest absolute Gasteiger partial charge is 0.205 e. The maximum absolute atomic E-state index is 9.65. The molecule has 0 saturated carbocycles. The van der Waals surface area contributed by atoms with Crippen LogP contribution in [0.1, 0.15) is 15.7 Å². The third-order valence-electron chi connectivity index (χ3n) is 4.49. The molecule has 0 bridgehead atoms. The normalized spacial score (nSPS) is 24.9. The second-order valence-corrected chi connectivity index (χ2v) is 8.25. The Kier molecular flexibility index (Phi) is 4.22. The van der Waals surface area contributed by atoms with Crippen molar-refractivity contribution in [3.8, 4) is 6.07 Å². The lowest BCUT2D eigenvalue weighted by Gasteiger charge is -2.34. The molecule has 0 saturated heterocycles. The number of nitrogens with one attached hydrogen (secondary N) is 1. The molecule has 0 fully saturated rings. The molecule has 4 heterocycles. The zero-order valence-electron chi connectivity index (χ0n) is 13.8. The molecule has 0 amide bonds. The Bertz CT molecular complexity index is 915. The second kappa shape index (κ2) is 6.52. The number of nitriles is 1. The number of likely N-dealkylation sites (N-methyl/N-ethyl adjacent to an activating group) is 1. The molecular formula is C19H18N3OS2+. The zero-order valence-corrected chi connectivity index (χ0v) is 15.4. The van der Waals surface area contributed by atoms with Crippen LogP contribution in [0.15, 0.2) is 63.4 Å². The van der Waals surface area contributed by atoms with E-state index in [0.29, 0.717) is 5.57 Å². The van der Waals surface area contributed by atoms with Crippen LogP contribution in [-0.2, 0) is 4.74 Å².